The Balaban J connectivity index is 1.81. The van der Waals surface area contributed by atoms with Gasteiger partial charge in [-0.15, -0.1) is 0 Å². The van der Waals surface area contributed by atoms with Gasteiger partial charge < -0.3 is 14.7 Å². The van der Waals surface area contributed by atoms with Crippen LogP contribution in [-0.2, 0) is 4.79 Å². The lowest BCUT2D eigenvalue weighted by Gasteiger charge is -2.28. The maximum Gasteiger partial charge on any atom is 0.260 e. The number of carbonyl (C=O) groups excluding carboxylic acids is 1. The third-order valence-corrected chi connectivity index (χ3v) is 3.84. The van der Waals surface area contributed by atoms with Crippen molar-refractivity contribution in [3.63, 3.8) is 0 Å². The molecule has 0 aliphatic heterocycles. The van der Waals surface area contributed by atoms with E-state index >= 15 is 0 Å². The maximum atomic E-state index is 12.0. The molecule has 5 heteroatoms. The molecule has 0 unspecified atom stereocenters. The summed E-state index contributed by atoms with van der Waals surface area (Å²) in [5, 5.41) is 19.0. The smallest absolute Gasteiger partial charge is 0.260 e. The Kier molecular flexibility index (Phi) is 4.81. The molecule has 1 fully saturated rings. The number of benzene rings is 1. The second-order valence-electron chi connectivity index (χ2n) is 5.61. The highest BCUT2D eigenvalue weighted by Crippen LogP contribution is 2.29. The number of aliphatic hydroxyl groups is 1. The van der Waals surface area contributed by atoms with Crippen molar-refractivity contribution in [3.8, 4) is 11.8 Å². The number of ether oxygens (including phenoxy) is 1. The van der Waals surface area contributed by atoms with Crippen LogP contribution in [0.25, 0.3) is 0 Å². The summed E-state index contributed by atoms with van der Waals surface area (Å²) < 4.78 is 5.40. The highest BCUT2D eigenvalue weighted by atomic mass is 16.5. The van der Waals surface area contributed by atoms with Gasteiger partial charge in [0.25, 0.3) is 5.91 Å². The van der Waals surface area contributed by atoms with Crippen LogP contribution >= 0.6 is 0 Å². The summed E-state index contributed by atoms with van der Waals surface area (Å²) in [6.45, 7) is 0.279. The number of nitriles is 1. The second-order valence-corrected chi connectivity index (χ2v) is 5.61. The number of likely N-dealkylation sites (N-methyl/N-ethyl adjacent to an activating group) is 1. The van der Waals surface area contributed by atoms with Gasteiger partial charge in [0.2, 0.25) is 0 Å². The molecule has 1 aromatic carbocycles. The molecule has 1 aliphatic carbocycles. The largest absolute Gasteiger partial charge is 0.484 e. The van der Waals surface area contributed by atoms with E-state index in [0.29, 0.717) is 17.9 Å². The molecular formula is C16H20N2O3. The summed E-state index contributed by atoms with van der Waals surface area (Å²) in [5.41, 5.74) is -0.187. The molecule has 0 aromatic heterocycles. The van der Waals surface area contributed by atoms with Crippen LogP contribution in [0.4, 0.5) is 0 Å². The normalized spacial score (nSPS) is 16.2. The van der Waals surface area contributed by atoms with Gasteiger partial charge in [0.1, 0.15) is 5.75 Å². The number of hydrogen-bond acceptors (Lipinski definition) is 4. The molecule has 1 N–H and O–H groups in total. The molecule has 21 heavy (non-hydrogen) atoms. The summed E-state index contributed by atoms with van der Waals surface area (Å²) in [6.07, 6.45) is 3.53. The summed E-state index contributed by atoms with van der Waals surface area (Å²) in [4.78, 5) is 13.5. The molecule has 112 valence electrons. The van der Waals surface area contributed by atoms with Gasteiger partial charge in [0.05, 0.1) is 17.2 Å². The summed E-state index contributed by atoms with van der Waals surface area (Å²) in [7, 11) is 1.68. The van der Waals surface area contributed by atoms with Gasteiger partial charge in [0, 0.05) is 13.6 Å². The minimum atomic E-state index is -0.737. The van der Waals surface area contributed by atoms with Gasteiger partial charge >= 0.3 is 0 Å². The first-order chi connectivity index (χ1) is 10.0. The molecule has 0 atom stereocenters. The Morgan fingerprint density at radius 3 is 2.57 bits per heavy atom. The SMILES string of the molecule is CN(CC1(O)CCCC1)C(=O)COc1ccc(C#N)cc1. The van der Waals surface area contributed by atoms with Crippen molar-refractivity contribution in [3.05, 3.63) is 29.8 Å². The second kappa shape index (κ2) is 6.59. The Morgan fingerprint density at radius 1 is 1.38 bits per heavy atom. The van der Waals surface area contributed by atoms with E-state index in [2.05, 4.69) is 0 Å². The van der Waals surface area contributed by atoms with Crippen LogP contribution in [0.15, 0.2) is 24.3 Å². The van der Waals surface area contributed by atoms with E-state index in [9.17, 15) is 9.90 Å². The van der Waals surface area contributed by atoms with Crippen LogP contribution in [0, 0.1) is 11.3 Å². The standard InChI is InChI=1S/C16H20N2O3/c1-18(12-16(20)8-2-3-9-16)15(19)11-21-14-6-4-13(10-17)5-7-14/h4-7,20H,2-3,8-9,11-12H2,1H3. The number of rotatable bonds is 5. The van der Waals surface area contributed by atoms with Crippen molar-refractivity contribution < 1.29 is 14.6 Å². The molecule has 1 aromatic rings. The first-order valence-electron chi connectivity index (χ1n) is 7.12. The van der Waals surface area contributed by atoms with Gasteiger partial charge in [0.15, 0.2) is 6.61 Å². The zero-order valence-corrected chi connectivity index (χ0v) is 12.2. The summed E-state index contributed by atoms with van der Waals surface area (Å²) >= 11 is 0. The van der Waals surface area contributed by atoms with Crippen LogP contribution in [0.2, 0.25) is 0 Å². The van der Waals surface area contributed by atoms with E-state index in [1.54, 1.807) is 31.3 Å². The van der Waals surface area contributed by atoms with Gasteiger partial charge in [-0.3, -0.25) is 4.79 Å². The number of carbonyl (C=O) groups is 1. The van der Waals surface area contributed by atoms with Crippen LogP contribution in [0.5, 0.6) is 5.75 Å². The van der Waals surface area contributed by atoms with E-state index in [1.807, 2.05) is 6.07 Å². The molecule has 1 amide bonds. The first-order valence-corrected chi connectivity index (χ1v) is 7.12. The van der Waals surface area contributed by atoms with Crippen molar-refractivity contribution in [2.75, 3.05) is 20.2 Å². The molecule has 1 aliphatic rings. The Hall–Kier alpha value is -2.06. The quantitative estimate of drug-likeness (QED) is 0.895. The number of nitrogens with zero attached hydrogens (tertiary/aromatic N) is 2. The Morgan fingerprint density at radius 2 is 2.00 bits per heavy atom. The highest BCUT2D eigenvalue weighted by Gasteiger charge is 2.33. The minimum Gasteiger partial charge on any atom is -0.484 e. The van der Waals surface area contributed by atoms with Gasteiger partial charge in [-0.05, 0) is 37.1 Å². The molecule has 1 saturated carbocycles. The monoisotopic (exact) mass is 288 g/mol. The van der Waals surface area contributed by atoms with Crippen LogP contribution < -0.4 is 4.74 Å². The highest BCUT2D eigenvalue weighted by molar-refractivity contribution is 5.77. The van der Waals surface area contributed by atoms with E-state index in [0.717, 1.165) is 25.7 Å². The molecule has 0 bridgehead atoms. The predicted octanol–water partition coefficient (Wildman–Crippen LogP) is 1.70. The lowest BCUT2D eigenvalue weighted by atomic mass is 10.0. The molecular weight excluding hydrogens is 268 g/mol. The fourth-order valence-electron chi connectivity index (χ4n) is 2.60. The third-order valence-electron chi connectivity index (χ3n) is 3.84. The average molecular weight is 288 g/mol. The van der Waals surface area contributed by atoms with Gasteiger partial charge in [-0.1, -0.05) is 12.8 Å². The minimum absolute atomic E-state index is 0.0710. The van der Waals surface area contributed by atoms with Crippen LogP contribution in [0.1, 0.15) is 31.2 Å². The van der Waals surface area contributed by atoms with E-state index in [1.165, 1.54) is 4.90 Å². The molecule has 0 radical (unpaired) electrons. The first kappa shape index (κ1) is 15.3. The molecule has 0 spiro atoms. The van der Waals surface area contributed by atoms with Crippen molar-refractivity contribution in [2.45, 2.75) is 31.3 Å². The number of amides is 1. The summed E-state index contributed by atoms with van der Waals surface area (Å²) in [5.74, 6) is 0.384. The zero-order chi connectivity index (χ0) is 15.3. The molecule has 2 rings (SSSR count). The van der Waals surface area contributed by atoms with Gasteiger partial charge in [-0.2, -0.15) is 5.26 Å². The lowest BCUT2D eigenvalue weighted by Crippen LogP contribution is -2.43. The molecule has 5 nitrogen and oxygen atoms in total. The summed E-state index contributed by atoms with van der Waals surface area (Å²) in [6, 6.07) is 8.64. The fourth-order valence-corrected chi connectivity index (χ4v) is 2.60. The predicted molar refractivity (Wildman–Crippen MR) is 77.7 cm³/mol. The lowest BCUT2D eigenvalue weighted by molar-refractivity contribution is -0.135. The van der Waals surface area contributed by atoms with Crippen molar-refractivity contribution >= 4 is 5.91 Å². The Bertz CT molecular complexity index is 527. The van der Waals surface area contributed by atoms with Crippen molar-refractivity contribution in [1.29, 1.82) is 5.26 Å². The van der Waals surface area contributed by atoms with E-state index in [-0.39, 0.29) is 12.5 Å². The van der Waals surface area contributed by atoms with Crippen LogP contribution in [0.3, 0.4) is 0 Å². The average Bonchev–Trinajstić information content (AvgIpc) is 2.91. The van der Waals surface area contributed by atoms with Gasteiger partial charge in [-0.25, -0.2) is 0 Å². The Labute approximate surface area is 124 Å². The fraction of sp³-hybridized carbons (Fsp3) is 0.500. The van der Waals surface area contributed by atoms with Crippen LogP contribution in [-0.4, -0.2) is 41.7 Å². The topological polar surface area (TPSA) is 73.6 Å². The van der Waals surface area contributed by atoms with Crippen molar-refractivity contribution in [1.82, 2.24) is 4.90 Å². The molecule has 0 heterocycles. The van der Waals surface area contributed by atoms with E-state index < -0.39 is 5.60 Å². The third kappa shape index (κ3) is 4.20. The maximum absolute atomic E-state index is 12.0. The van der Waals surface area contributed by atoms with Crippen molar-refractivity contribution in [2.24, 2.45) is 0 Å². The number of hydrogen-bond donors (Lipinski definition) is 1. The zero-order valence-electron chi connectivity index (χ0n) is 12.2. The van der Waals surface area contributed by atoms with E-state index in [4.69, 9.17) is 10.00 Å². The molecule has 0 saturated heterocycles.